The van der Waals surface area contributed by atoms with Gasteiger partial charge >= 0.3 is 5.97 Å². The predicted molar refractivity (Wildman–Crippen MR) is 104 cm³/mol. The molecule has 132 valence electrons. The molecule has 0 saturated heterocycles. The number of hydrogen-bond donors (Lipinski definition) is 1. The average Bonchev–Trinajstić information content (AvgIpc) is 2.72. The third kappa shape index (κ3) is 5.04. The lowest BCUT2D eigenvalue weighted by Gasteiger charge is -2.12. The summed E-state index contributed by atoms with van der Waals surface area (Å²) in [5.74, 6) is -0.352. The second-order valence-corrected chi connectivity index (χ2v) is 6.30. The Morgan fingerprint density at radius 1 is 0.769 bits per heavy atom. The van der Waals surface area contributed by atoms with E-state index in [0.717, 1.165) is 17.5 Å². The Kier molecular flexibility index (Phi) is 6.18. The van der Waals surface area contributed by atoms with Crippen molar-refractivity contribution in [3.05, 3.63) is 96.1 Å². The Labute approximate surface area is 154 Å². The van der Waals surface area contributed by atoms with Crippen LogP contribution in [0.4, 0.5) is 0 Å². The summed E-state index contributed by atoms with van der Waals surface area (Å²) in [5, 5.41) is 0. The largest absolute Gasteiger partial charge is 0.460 e. The molecule has 0 amide bonds. The molecule has 0 aliphatic rings. The van der Waals surface area contributed by atoms with Crippen molar-refractivity contribution in [1.82, 2.24) is 0 Å². The highest BCUT2D eigenvalue weighted by atomic mass is 16.5. The molecule has 0 spiro atoms. The van der Waals surface area contributed by atoms with E-state index >= 15 is 0 Å². The highest BCUT2D eigenvalue weighted by Gasteiger charge is 2.15. The van der Waals surface area contributed by atoms with Crippen molar-refractivity contribution in [2.45, 2.75) is 25.5 Å². The SMILES string of the molecule is NC(CCc1ccc(-c2ccccc2)cc1)C(=O)OCc1ccccc1. The first-order chi connectivity index (χ1) is 12.7. The van der Waals surface area contributed by atoms with Gasteiger partial charge in [-0.15, -0.1) is 0 Å². The lowest BCUT2D eigenvalue weighted by molar-refractivity contribution is -0.146. The summed E-state index contributed by atoms with van der Waals surface area (Å²) in [6, 6.07) is 27.6. The van der Waals surface area contributed by atoms with Crippen molar-refractivity contribution in [3.63, 3.8) is 0 Å². The molecule has 3 rings (SSSR count). The minimum absolute atomic E-state index is 0.263. The van der Waals surface area contributed by atoms with Crippen LogP contribution in [0.2, 0.25) is 0 Å². The van der Waals surface area contributed by atoms with Crippen molar-refractivity contribution in [2.24, 2.45) is 5.73 Å². The van der Waals surface area contributed by atoms with Crippen molar-refractivity contribution in [3.8, 4) is 11.1 Å². The Morgan fingerprint density at radius 2 is 1.35 bits per heavy atom. The van der Waals surface area contributed by atoms with E-state index < -0.39 is 6.04 Å². The van der Waals surface area contributed by atoms with E-state index in [1.54, 1.807) is 0 Å². The first kappa shape index (κ1) is 17.9. The fourth-order valence-corrected chi connectivity index (χ4v) is 2.77. The monoisotopic (exact) mass is 345 g/mol. The third-order valence-electron chi connectivity index (χ3n) is 4.33. The van der Waals surface area contributed by atoms with E-state index in [9.17, 15) is 4.79 Å². The molecule has 3 nitrogen and oxygen atoms in total. The van der Waals surface area contributed by atoms with Crippen LogP contribution < -0.4 is 5.73 Å². The van der Waals surface area contributed by atoms with E-state index in [4.69, 9.17) is 10.5 Å². The van der Waals surface area contributed by atoms with Gasteiger partial charge in [0.1, 0.15) is 12.6 Å². The van der Waals surface area contributed by atoms with Crippen LogP contribution in [0.1, 0.15) is 17.5 Å². The van der Waals surface area contributed by atoms with Gasteiger partial charge in [-0.2, -0.15) is 0 Å². The first-order valence-electron chi connectivity index (χ1n) is 8.83. The van der Waals surface area contributed by atoms with Crippen molar-refractivity contribution < 1.29 is 9.53 Å². The van der Waals surface area contributed by atoms with E-state index in [1.807, 2.05) is 48.5 Å². The summed E-state index contributed by atoms with van der Waals surface area (Å²) in [5.41, 5.74) is 10.5. The summed E-state index contributed by atoms with van der Waals surface area (Å²) in [6.45, 7) is 0.263. The van der Waals surface area contributed by atoms with Crippen LogP contribution in [-0.2, 0) is 22.6 Å². The zero-order chi connectivity index (χ0) is 18.2. The molecule has 3 aromatic rings. The maximum Gasteiger partial charge on any atom is 0.323 e. The molecule has 1 atom stereocenters. The average molecular weight is 345 g/mol. The van der Waals surface area contributed by atoms with E-state index in [0.29, 0.717) is 6.42 Å². The van der Waals surface area contributed by atoms with Gasteiger partial charge in [-0.25, -0.2) is 0 Å². The summed E-state index contributed by atoms with van der Waals surface area (Å²) in [4.78, 5) is 12.0. The number of aryl methyl sites for hydroxylation is 1. The Bertz CT molecular complexity index is 814. The molecule has 0 fully saturated rings. The Hall–Kier alpha value is -2.91. The quantitative estimate of drug-likeness (QED) is 0.648. The summed E-state index contributed by atoms with van der Waals surface area (Å²) in [6.07, 6.45) is 1.31. The van der Waals surface area contributed by atoms with Crippen LogP contribution in [-0.4, -0.2) is 12.0 Å². The van der Waals surface area contributed by atoms with Crippen LogP contribution in [0.5, 0.6) is 0 Å². The molecule has 0 aliphatic heterocycles. The number of ether oxygens (including phenoxy) is 1. The van der Waals surface area contributed by atoms with Gasteiger partial charge in [-0.05, 0) is 35.1 Å². The van der Waals surface area contributed by atoms with Crippen LogP contribution in [0, 0.1) is 0 Å². The molecule has 0 radical (unpaired) electrons. The molecule has 0 heterocycles. The summed E-state index contributed by atoms with van der Waals surface area (Å²) < 4.78 is 5.29. The number of carbonyl (C=O) groups is 1. The maximum atomic E-state index is 12.0. The second-order valence-electron chi connectivity index (χ2n) is 6.30. The van der Waals surface area contributed by atoms with Gasteiger partial charge in [-0.3, -0.25) is 4.79 Å². The molecule has 0 aromatic heterocycles. The Morgan fingerprint density at radius 3 is 2.00 bits per heavy atom. The van der Waals surface area contributed by atoms with Gasteiger partial charge in [0.2, 0.25) is 0 Å². The topological polar surface area (TPSA) is 52.3 Å². The summed E-state index contributed by atoms with van der Waals surface area (Å²) in [7, 11) is 0. The highest BCUT2D eigenvalue weighted by Crippen LogP contribution is 2.19. The zero-order valence-corrected chi connectivity index (χ0v) is 14.7. The third-order valence-corrected chi connectivity index (χ3v) is 4.33. The molecule has 0 bridgehead atoms. The number of nitrogens with two attached hydrogens (primary N) is 1. The van der Waals surface area contributed by atoms with Gasteiger partial charge in [0.05, 0.1) is 0 Å². The highest BCUT2D eigenvalue weighted by molar-refractivity contribution is 5.75. The van der Waals surface area contributed by atoms with Crippen LogP contribution in [0.15, 0.2) is 84.9 Å². The van der Waals surface area contributed by atoms with E-state index in [-0.39, 0.29) is 12.6 Å². The smallest absolute Gasteiger partial charge is 0.323 e. The number of rotatable bonds is 7. The molecule has 2 N–H and O–H groups in total. The van der Waals surface area contributed by atoms with E-state index in [2.05, 4.69) is 36.4 Å². The predicted octanol–water partition coefficient (Wildman–Crippen LogP) is 4.36. The Balaban J connectivity index is 1.48. The minimum Gasteiger partial charge on any atom is -0.460 e. The molecular formula is C23H23NO2. The molecule has 3 heteroatoms. The molecule has 3 aromatic carbocycles. The van der Waals surface area contributed by atoms with Gasteiger partial charge in [0, 0.05) is 0 Å². The molecule has 1 unspecified atom stereocenters. The minimum atomic E-state index is -0.604. The number of carbonyl (C=O) groups excluding carboxylic acids is 1. The molecule has 0 saturated carbocycles. The zero-order valence-electron chi connectivity index (χ0n) is 14.7. The van der Waals surface area contributed by atoms with Crippen molar-refractivity contribution in [1.29, 1.82) is 0 Å². The van der Waals surface area contributed by atoms with Crippen LogP contribution in [0.3, 0.4) is 0 Å². The summed E-state index contributed by atoms with van der Waals surface area (Å²) >= 11 is 0. The molecular weight excluding hydrogens is 322 g/mol. The van der Waals surface area contributed by atoms with Crippen molar-refractivity contribution in [2.75, 3.05) is 0 Å². The fraction of sp³-hybridized carbons (Fsp3) is 0.174. The molecule has 26 heavy (non-hydrogen) atoms. The van der Waals surface area contributed by atoms with Gasteiger partial charge < -0.3 is 10.5 Å². The fourth-order valence-electron chi connectivity index (χ4n) is 2.77. The standard InChI is InChI=1S/C23H23NO2/c24-22(23(25)26-17-19-7-3-1-4-8-19)16-13-18-11-14-21(15-12-18)20-9-5-2-6-10-20/h1-12,14-15,22H,13,16-17,24H2. The lowest BCUT2D eigenvalue weighted by atomic mass is 10.0. The second kappa shape index (κ2) is 8.97. The normalized spacial score (nSPS) is 11.7. The van der Waals surface area contributed by atoms with E-state index in [1.165, 1.54) is 11.1 Å². The first-order valence-corrected chi connectivity index (χ1v) is 8.83. The maximum absolute atomic E-state index is 12.0. The lowest BCUT2D eigenvalue weighted by Crippen LogP contribution is -2.32. The number of esters is 1. The molecule has 0 aliphatic carbocycles. The number of benzene rings is 3. The number of hydrogen-bond acceptors (Lipinski definition) is 3. The van der Waals surface area contributed by atoms with Gasteiger partial charge in [-0.1, -0.05) is 84.9 Å². The van der Waals surface area contributed by atoms with Crippen molar-refractivity contribution >= 4 is 5.97 Å². The van der Waals surface area contributed by atoms with Gasteiger partial charge in [0.15, 0.2) is 0 Å². The van der Waals surface area contributed by atoms with Crippen LogP contribution >= 0.6 is 0 Å². The van der Waals surface area contributed by atoms with Gasteiger partial charge in [0.25, 0.3) is 0 Å². The van der Waals surface area contributed by atoms with Crippen LogP contribution in [0.25, 0.3) is 11.1 Å².